The molecule has 0 bridgehead atoms. The summed E-state index contributed by atoms with van der Waals surface area (Å²) in [5.41, 5.74) is 1.59. The van der Waals surface area contributed by atoms with E-state index in [0.717, 1.165) is 38.4 Å². The molecule has 0 saturated carbocycles. The van der Waals surface area contributed by atoms with Crippen molar-refractivity contribution in [1.82, 2.24) is 5.32 Å². The number of hydrogen-bond acceptors (Lipinski definition) is 3. The Morgan fingerprint density at radius 3 is 2.57 bits per heavy atom. The van der Waals surface area contributed by atoms with Gasteiger partial charge in [0.2, 0.25) is 0 Å². The van der Waals surface area contributed by atoms with Gasteiger partial charge in [-0.15, -0.1) is 0 Å². The molecule has 1 aliphatic rings. The highest BCUT2D eigenvalue weighted by atomic mass is 16.5. The summed E-state index contributed by atoms with van der Waals surface area (Å²) < 4.78 is 5.67. The Balaban J connectivity index is 2.05. The fourth-order valence-electron chi connectivity index (χ4n) is 2.71. The minimum atomic E-state index is 0.284. The van der Waals surface area contributed by atoms with Gasteiger partial charge in [-0.3, -0.25) is 0 Å². The van der Waals surface area contributed by atoms with Crippen molar-refractivity contribution < 1.29 is 4.74 Å². The molecule has 118 valence electrons. The summed E-state index contributed by atoms with van der Waals surface area (Å²) in [5.74, 6) is 0.973. The van der Waals surface area contributed by atoms with Crippen molar-refractivity contribution in [2.75, 3.05) is 31.1 Å². The van der Waals surface area contributed by atoms with Gasteiger partial charge in [-0.1, -0.05) is 27.7 Å². The van der Waals surface area contributed by atoms with Gasteiger partial charge in [0.05, 0.1) is 6.61 Å². The topological polar surface area (TPSA) is 24.5 Å². The van der Waals surface area contributed by atoms with Crippen LogP contribution in [0.2, 0.25) is 0 Å². The fraction of sp³-hybridized carbons (Fsp3) is 0.667. The zero-order valence-corrected chi connectivity index (χ0v) is 14.0. The molecule has 0 spiro atoms. The minimum absolute atomic E-state index is 0.284. The number of nitrogens with zero attached hydrogens (tertiary/aromatic N) is 1. The van der Waals surface area contributed by atoms with Gasteiger partial charge in [0, 0.05) is 24.8 Å². The molecule has 0 radical (unpaired) electrons. The number of benzene rings is 1. The maximum Gasteiger partial charge on any atom is 0.119 e. The fourth-order valence-corrected chi connectivity index (χ4v) is 2.71. The Labute approximate surface area is 129 Å². The van der Waals surface area contributed by atoms with Gasteiger partial charge in [0.25, 0.3) is 0 Å². The highest BCUT2D eigenvalue weighted by Crippen LogP contribution is 2.26. The molecular weight excluding hydrogens is 260 g/mol. The molecule has 3 heteroatoms. The van der Waals surface area contributed by atoms with Crippen molar-refractivity contribution in [3.63, 3.8) is 0 Å². The van der Waals surface area contributed by atoms with E-state index in [2.05, 4.69) is 62.2 Å². The smallest absolute Gasteiger partial charge is 0.119 e. The van der Waals surface area contributed by atoms with Crippen LogP contribution in [-0.4, -0.2) is 32.3 Å². The molecule has 1 unspecified atom stereocenters. The summed E-state index contributed by atoms with van der Waals surface area (Å²) in [4.78, 5) is 2.50. The second-order valence-corrected chi connectivity index (χ2v) is 7.01. The normalized spacial score (nSPS) is 20.2. The van der Waals surface area contributed by atoms with E-state index in [9.17, 15) is 0 Å². The van der Waals surface area contributed by atoms with Gasteiger partial charge in [0.1, 0.15) is 5.75 Å². The Kier molecular flexibility index (Phi) is 5.51. The summed E-state index contributed by atoms with van der Waals surface area (Å²) >= 11 is 0. The van der Waals surface area contributed by atoms with Crippen LogP contribution in [0.1, 0.15) is 40.5 Å². The first-order chi connectivity index (χ1) is 10.0. The van der Waals surface area contributed by atoms with E-state index >= 15 is 0 Å². The van der Waals surface area contributed by atoms with E-state index in [1.807, 2.05) is 0 Å². The van der Waals surface area contributed by atoms with Gasteiger partial charge in [-0.2, -0.15) is 0 Å². The SMILES string of the molecule is CCCOc1ccc(N2CCCNC(C(C)(C)C)C2)cc1. The van der Waals surface area contributed by atoms with E-state index in [1.54, 1.807) is 0 Å². The lowest BCUT2D eigenvalue weighted by Crippen LogP contribution is -2.46. The van der Waals surface area contributed by atoms with Crippen LogP contribution in [0.4, 0.5) is 5.69 Å². The van der Waals surface area contributed by atoms with Crippen molar-refractivity contribution in [2.24, 2.45) is 5.41 Å². The maximum atomic E-state index is 5.67. The van der Waals surface area contributed by atoms with Crippen LogP contribution in [0.5, 0.6) is 5.75 Å². The third-order valence-electron chi connectivity index (χ3n) is 4.12. The lowest BCUT2D eigenvalue weighted by molar-refractivity contribution is 0.280. The average Bonchev–Trinajstić information content (AvgIpc) is 2.71. The Hall–Kier alpha value is -1.22. The molecule has 1 aromatic carbocycles. The standard InChI is InChI=1S/C18H30N2O/c1-5-13-21-16-9-7-15(8-10-16)20-12-6-11-19-17(14-20)18(2,3)4/h7-10,17,19H,5-6,11-14H2,1-4H3. The summed E-state index contributed by atoms with van der Waals surface area (Å²) in [5, 5.41) is 3.69. The number of ether oxygens (including phenoxy) is 1. The lowest BCUT2D eigenvalue weighted by Gasteiger charge is -2.34. The zero-order valence-electron chi connectivity index (χ0n) is 14.0. The van der Waals surface area contributed by atoms with Crippen LogP contribution in [0.3, 0.4) is 0 Å². The first kappa shape index (κ1) is 16.2. The third-order valence-corrected chi connectivity index (χ3v) is 4.12. The second-order valence-electron chi connectivity index (χ2n) is 7.01. The monoisotopic (exact) mass is 290 g/mol. The van der Waals surface area contributed by atoms with Crippen LogP contribution in [0, 0.1) is 5.41 Å². The number of nitrogens with one attached hydrogen (secondary N) is 1. The van der Waals surface area contributed by atoms with E-state index in [1.165, 1.54) is 12.1 Å². The van der Waals surface area contributed by atoms with Crippen molar-refractivity contribution in [3.05, 3.63) is 24.3 Å². The van der Waals surface area contributed by atoms with Crippen LogP contribution in [0.25, 0.3) is 0 Å². The molecule has 0 amide bonds. The molecule has 2 rings (SSSR count). The molecule has 1 aliphatic heterocycles. The van der Waals surface area contributed by atoms with E-state index in [0.29, 0.717) is 6.04 Å². The van der Waals surface area contributed by atoms with Crippen LogP contribution in [0.15, 0.2) is 24.3 Å². The van der Waals surface area contributed by atoms with Crippen molar-refractivity contribution >= 4 is 5.69 Å². The first-order valence-electron chi connectivity index (χ1n) is 8.22. The summed E-state index contributed by atoms with van der Waals surface area (Å²) in [6.07, 6.45) is 2.24. The number of anilines is 1. The van der Waals surface area contributed by atoms with Gasteiger partial charge < -0.3 is 15.0 Å². The highest BCUT2D eigenvalue weighted by Gasteiger charge is 2.28. The van der Waals surface area contributed by atoms with Crippen molar-refractivity contribution in [2.45, 2.75) is 46.6 Å². The van der Waals surface area contributed by atoms with Crippen molar-refractivity contribution in [1.29, 1.82) is 0 Å². The quantitative estimate of drug-likeness (QED) is 0.915. The molecule has 1 aromatic rings. The second kappa shape index (κ2) is 7.17. The molecule has 1 fully saturated rings. The molecular formula is C18H30N2O. The molecule has 1 saturated heterocycles. The van der Waals surface area contributed by atoms with Crippen LogP contribution >= 0.6 is 0 Å². The maximum absolute atomic E-state index is 5.67. The average molecular weight is 290 g/mol. The van der Waals surface area contributed by atoms with E-state index in [-0.39, 0.29) is 5.41 Å². The molecule has 3 nitrogen and oxygen atoms in total. The molecule has 1 atom stereocenters. The summed E-state index contributed by atoms with van der Waals surface area (Å²) in [7, 11) is 0. The van der Waals surface area contributed by atoms with E-state index in [4.69, 9.17) is 4.74 Å². The summed E-state index contributed by atoms with van der Waals surface area (Å²) in [6, 6.07) is 9.09. The molecule has 0 aromatic heterocycles. The Bertz CT molecular complexity index is 422. The lowest BCUT2D eigenvalue weighted by atomic mass is 9.86. The number of hydrogen-bond donors (Lipinski definition) is 1. The largest absolute Gasteiger partial charge is 0.494 e. The Morgan fingerprint density at radius 1 is 1.24 bits per heavy atom. The molecule has 1 N–H and O–H groups in total. The van der Waals surface area contributed by atoms with Gasteiger partial charge in [-0.05, 0) is 49.1 Å². The predicted molar refractivity (Wildman–Crippen MR) is 90.3 cm³/mol. The zero-order chi connectivity index (χ0) is 15.3. The van der Waals surface area contributed by atoms with Gasteiger partial charge in [0.15, 0.2) is 0 Å². The van der Waals surface area contributed by atoms with Crippen LogP contribution < -0.4 is 15.0 Å². The minimum Gasteiger partial charge on any atom is -0.494 e. The molecule has 1 heterocycles. The van der Waals surface area contributed by atoms with Gasteiger partial charge in [-0.25, -0.2) is 0 Å². The first-order valence-corrected chi connectivity index (χ1v) is 8.22. The highest BCUT2D eigenvalue weighted by molar-refractivity contribution is 5.49. The predicted octanol–water partition coefficient (Wildman–Crippen LogP) is 3.69. The third kappa shape index (κ3) is 4.63. The number of rotatable bonds is 4. The Morgan fingerprint density at radius 2 is 1.95 bits per heavy atom. The molecule has 21 heavy (non-hydrogen) atoms. The van der Waals surface area contributed by atoms with Crippen molar-refractivity contribution in [3.8, 4) is 5.75 Å². The van der Waals surface area contributed by atoms with Crippen LogP contribution in [-0.2, 0) is 0 Å². The molecule has 0 aliphatic carbocycles. The van der Waals surface area contributed by atoms with Gasteiger partial charge >= 0.3 is 0 Å². The summed E-state index contributed by atoms with van der Waals surface area (Å²) in [6.45, 7) is 13.2. The van der Waals surface area contributed by atoms with E-state index < -0.39 is 0 Å².